The van der Waals surface area contributed by atoms with Crippen molar-refractivity contribution >= 4 is 11.6 Å². The molecule has 0 saturated carbocycles. The van der Waals surface area contributed by atoms with Crippen LogP contribution in [0.3, 0.4) is 0 Å². The van der Waals surface area contributed by atoms with Crippen LogP contribution < -0.4 is 9.47 Å². The van der Waals surface area contributed by atoms with Crippen molar-refractivity contribution in [3.05, 3.63) is 22.7 Å². The molecule has 1 rings (SSSR count). The summed E-state index contributed by atoms with van der Waals surface area (Å²) in [5, 5.41) is 8.98. The van der Waals surface area contributed by atoms with E-state index in [0.717, 1.165) is 5.56 Å². The Kier molecular flexibility index (Phi) is 3.61. The molecule has 3 nitrogen and oxygen atoms in total. The molecular formula is C10H10ClNO2. The lowest BCUT2D eigenvalue weighted by Crippen LogP contribution is -1.94. The van der Waals surface area contributed by atoms with Gasteiger partial charge in [-0.3, -0.25) is 0 Å². The van der Waals surface area contributed by atoms with Gasteiger partial charge in [-0.1, -0.05) is 17.7 Å². The number of rotatable bonds is 3. The Bertz CT molecular complexity index is 371. The van der Waals surface area contributed by atoms with Gasteiger partial charge < -0.3 is 9.47 Å². The molecule has 14 heavy (non-hydrogen) atoms. The largest absolute Gasteiger partial charge is 0.495 e. The minimum atomic E-state index is 0.271. The molecule has 0 aromatic heterocycles. The highest BCUT2D eigenvalue weighted by Gasteiger charge is 2.12. The highest BCUT2D eigenvalue weighted by atomic mass is 35.5. The van der Waals surface area contributed by atoms with Gasteiger partial charge in [-0.2, -0.15) is 5.26 Å². The molecular weight excluding hydrogens is 202 g/mol. The van der Waals surface area contributed by atoms with Gasteiger partial charge in [0.1, 0.15) is 16.5 Å². The van der Waals surface area contributed by atoms with E-state index in [1.54, 1.807) is 12.1 Å². The average molecular weight is 212 g/mol. The predicted octanol–water partition coefficient (Wildman–Crippen LogP) is 2.42. The number of methoxy groups -OCH3 is 2. The van der Waals surface area contributed by atoms with Gasteiger partial charge in [-0.15, -0.1) is 0 Å². The molecule has 0 N–H and O–H groups in total. The quantitative estimate of drug-likeness (QED) is 0.771. The molecule has 0 radical (unpaired) electrons. The van der Waals surface area contributed by atoms with Gasteiger partial charge in [-0.25, -0.2) is 0 Å². The smallest absolute Gasteiger partial charge is 0.145 e. The number of ether oxygens (including phenoxy) is 2. The zero-order chi connectivity index (χ0) is 10.6. The van der Waals surface area contributed by atoms with Crippen molar-refractivity contribution < 1.29 is 9.47 Å². The maximum absolute atomic E-state index is 8.58. The van der Waals surface area contributed by atoms with Crippen LogP contribution in [0.25, 0.3) is 0 Å². The normalized spacial score (nSPS) is 9.29. The van der Waals surface area contributed by atoms with Crippen LogP contribution in [0.5, 0.6) is 11.5 Å². The van der Waals surface area contributed by atoms with Crippen molar-refractivity contribution in [3.8, 4) is 17.6 Å². The Hall–Kier alpha value is -1.40. The van der Waals surface area contributed by atoms with Crippen LogP contribution >= 0.6 is 11.6 Å². The fourth-order valence-corrected chi connectivity index (χ4v) is 1.52. The lowest BCUT2D eigenvalue weighted by Gasteiger charge is -2.10. The molecule has 0 bridgehead atoms. The zero-order valence-electron chi connectivity index (χ0n) is 8.00. The highest BCUT2D eigenvalue weighted by Crippen LogP contribution is 2.36. The summed E-state index contributed by atoms with van der Waals surface area (Å²) >= 11 is 5.99. The van der Waals surface area contributed by atoms with Crippen molar-refractivity contribution in [2.75, 3.05) is 14.2 Å². The van der Waals surface area contributed by atoms with E-state index in [9.17, 15) is 0 Å². The van der Waals surface area contributed by atoms with E-state index < -0.39 is 0 Å². The number of halogens is 1. The number of hydrogen-bond donors (Lipinski definition) is 0. The summed E-state index contributed by atoms with van der Waals surface area (Å²) in [5.41, 5.74) is 0.765. The third-order valence-electron chi connectivity index (χ3n) is 1.84. The summed E-state index contributed by atoms with van der Waals surface area (Å²) < 4.78 is 10.1. The minimum absolute atomic E-state index is 0.271. The molecule has 0 aliphatic heterocycles. The van der Waals surface area contributed by atoms with E-state index in [4.69, 9.17) is 26.3 Å². The van der Waals surface area contributed by atoms with Crippen molar-refractivity contribution in [1.82, 2.24) is 0 Å². The Labute approximate surface area is 87.8 Å². The van der Waals surface area contributed by atoms with E-state index in [1.807, 2.05) is 6.07 Å². The number of benzene rings is 1. The van der Waals surface area contributed by atoms with Crippen LogP contribution in [0.15, 0.2) is 12.1 Å². The van der Waals surface area contributed by atoms with Crippen LogP contribution in [0.4, 0.5) is 0 Å². The molecule has 0 saturated heterocycles. The molecule has 4 heteroatoms. The second kappa shape index (κ2) is 4.73. The second-order valence-corrected chi connectivity index (χ2v) is 2.99. The van der Waals surface area contributed by atoms with Gasteiger partial charge in [-0.05, 0) is 6.07 Å². The molecule has 0 amide bonds. The summed E-state index contributed by atoms with van der Waals surface area (Å²) in [5.74, 6) is 1.05. The van der Waals surface area contributed by atoms with Crippen LogP contribution in [0.2, 0.25) is 5.02 Å². The fraction of sp³-hybridized carbons (Fsp3) is 0.300. The predicted molar refractivity (Wildman–Crippen MR) is 53.9 cm³/mol. The van der Waals surface area contributed by atoms with E-state index in [-0.39, 0.29) is 6.42 Å². The second-order valence-electron chi connectivity index (χ2n) is 2.61. The molecule has 0 fully saturated rings. The van der Waals surface area contributed by atoms with E-state index in [1.165, 1.54) is 14.2 Å². The summed E-state index contributed by atoms with van der Waals surface area (Å²) in [6, 6.07) is 5.53. The van der Waals surface area contributed by atoms with Gasteiger partial charge in [0.2, 0.25) is 0 Å². The van der Waals surface area contributed by atoms with Crippen molar-refractivity contribution in [3.63, 3.8) is 0 Å². The SMILES string of the molecule is COc1ccc(CC#N)c(OC)c1Cl. The van der Waals surface area contributed by atoms with Gasteiger partial charge in [0.15, 0.2) is 0 Å². The molecule has 0 atom stereocenters. The monoisotopic (exact) mass is 211 g/mol. The van der Waals surface area contributed by atoms with Crippen molar-refractivity contribution in [2.24, 2.45) is 0 Å². The number of nitriles is 1. The standard InChI is InChI=1S/C10H10ClNO2/c1-13-8-4-3-7(5-6-12)10(14-2)9(8)11/h3-4H,5H2,1-2H3. The molecule has 0 aliphatic rings. The average Bonchev–Trinajstić information content (AvgIpc) is 2.19. The van der Waals surface area contributed by atoms with Crippen LogP contribution in [0, 0.1) is 11.3 Å². The van der Waals surface area contributed by atoms with Crippen LogP contribution in [0.1, 0.15) is 5.56 Å². The Morgan fingerprint density at radius 1 is 1.36 bits per heavy atom. The molecule has 74 valence electrons. The van der Waals surface area contributed by atoms with E-state index in [2.05, 4.69) is 0 Å². The third-order valence-corrected chi connectivity index (χ3v) is 2.19. The molecule has 0 aliphatic carbocycles. The maximum Gasteiger partial charge on any atom is 0.145 e. The molecule has 0 unspecified atom stereocenters. The van der Waals surface area contributed by atoms with E-state index in [0.29, 0.717) is 16.5 Å². The molecule has 1 aromatic rings. The molecule has 1 aromatic carbocycles. The van der Waals surface area contributed by atoms with Gasteiger partial charge in [0.05, 0.1) is 26.7 Å². The Morgan fingerprint density at radius 2 is 2.07 bits per heavy atom. The lowest BCUT2D eigenvalue weighted by molar-refractivity contribution is 0.392. The van der Waals surface area contributed by atoms with Gasteiger partial charge >= 0.3 is 0 Å². The van der Waals surface area contributed by atoms with Crippen molar-refractivity contribution in [1.29, 1.82) is 5.26 Å². The summed E-state index contributed by atoms with van der Waals surface area (Å²) in [7, 11) is 3.05. The summed E-state index contributed by atoms with van der Waals surface area (Å²) in [6.07, 6.45) is 0.271. The first-order valence-electron chi connectivity index (χ1n) is 4.01. The lowest BCUT2D eigenvalue weighted by atomic mass is 10.1. The minimum Gasteiger partial charge on any atom is -0.495 e. The Morgan fingerprint density at radius 3 is 2.57 bits per heavy atom. The van der Waals surface area contributed by atoms with Crippen LogP contribution in [-0.4, -0.2) is 14.2 Å². The highest BCUT2D eigenvalue weighted by molar-refractivity contribution is 6.33. The first-order chi connectivity index (χ1) is 6.74. The zero-order valence-corrected chi connectivity index (χ0v) is 8.76. The molecule has 0 heterocycles. The topological polar surface area (TPSA) is 42.2 Å². The van der Waals surface area contributed by atoms with Gasteiger partial charge in [0, 0.05) is 5.56 Å². The van der Waals surface area contributed by atoms with Crippen LogP contribution in [-0.2, 0) is 6.42 Å². The first kappa shape index (κ1) is 10.7. The maximum atomic E-state index is 8.58. The number of nitrogens with zero attached hydrogens (tertiary/aromatic N) is 1. The van der Waals surface area contributed by atoms with Gasteiger partial charge in [0.25, 0.3) is 0 Å². The first-order valence-corrected chi connectivity index (χ1v) is 4.38. The molecule has 0 spiro atoms. The number of hydrogen-bond acceptors (Lipinski definition) is 3. The van der Waals surface area contributed by atoms with E-state index >= 15 is 0 Å². The fourth-order valence-electron chi connectivity index (χ4n) is 1.18. The Balaban J connectivity index is 3.22. The third kappa shape index (κ3) is 1.91. The summed E-state index contributed by atoms with van der Waals surface area (Å²) in [6.45, 7) is 0. The summed E-state index contributed by atoms with van der Waals surface area (Å²) in [4.78, 5) is 0. The van der Waals surface area contributed by atoms with Crippen molar-refractivity contribution in [2.45, 2.75) is 6.42 Å².